The third kappa shape index (κ3) is 4.89. The average molecular weight is 353 g/mol. The van der Waals surface area contributed by atoms with E-state index in [0.29, 0.717) is 18.7 Å². The van der Waals surface area contributed by atoms with E-state index in [4.69, 9.17) is 4.74 Å². The molecule has 2 amide bonds. The fraction of sp³-hybridized carbons (Fsp3) is 0.350. The highest BCUT2D eigenvalue weighted by atomic mass is 16.5. The first-order valence-corrected chi connectivity index (χ1v) is 8.81. The highest BCUT2D eigenvalue weighted by Crippen LogP contribution is 2.11. The van der Waals surface area contributed by atoms with Crippen molar-refractivity contribution in [3.63, 3.8) is 0 Å². The van der Waals surface area contributed by atoms with Crippen LogP contribution >= 0.6 is 0 Å². The molecule has 0 spiro atoms. The van der Waals surface area contributed by atoms with Gasteiger partial charge in [0.05, 0.1) is 6.10 Å². The monoisotopic (exact) mass is 353 g/mol. The van der Waals surface area contributed by atoms with Gasteiger partial charge in [0.1, 0.15) is 5.69 Å². The summed E-state index contributed by atoms with van der Waals surface area (Å²) in [5.41, 5.74) is 2.80. The zero-order chi connectivity index (χ0) is 18.4. The molecule has 3 rings (SSSR count). The number of nitrogens with zero attached hydrogens (tertiary/aromatic N) is 1. The predicted molar refractivity (Wildman–Crippen MR) is 97.9 cm³/mol. The lowest BCUT2D eigenvalue weighted by molar-refractivity contribution is 0.0857. The topological polar surface area (TPSA) is 80.3 Å². The third-order valence-corrected chi connectivity index (χ3v) is 4.30. The number of aromatic nitrogens is 1. The van der Waals surface area contributed by atoms with E-state index in [2.05, 4.69) is 15.6 Å². The smallest absolute Gasteiger partial charge is 0.270 e. The molecule has 2 N–H and O–H groups in total. The minimum absolute atomic E-state index is 0.0814. The lowest BCUT2D eigenvalue weighted by Crippen LogP contribution is -2.32. The highest BCUT2D eigenvalue weighted by molar-refractivity contribution is 5.98. The number of pyridine rings is 1. The lowest BCUT2D eigenvalue weighted by Gasteiger charge is -2.11. The van der Waals surface area contributed by atoms with Crippen molar-refractivity contribution in [3.05, 3.63) is 65.0 Å². The molecule has 1 saturated heterocycles. The summed E-state index contributed by atoms with van der Waals surface area (Å²) in [7, 11) is 0. The fourth-order valence-corrected chi connectivity index (χ4v) is 2.90. The zero-order valence-electron chi connectivity index (χ0n) is 14.8. The second kappa shape index (κ2) is 8.58. The highest BCUT2D eigenvalue weighted by Gasteiger charge is 2.17. The summed E-state index contributed by atoms with van der Waals surface area (Å²) in [5, 5.41) is 5.68. The van der Waals surface area contributed by atoms with Crippen molar-refractivity contribution in [3.8, 4) is 0 Å². The maximum atomic E-state index is 12.3. The third-order valence-electron chi connectivity index (χ3n) is 4.30. The van der Waals surface area contributed by atoms with Gasteiger partial charge in [-0.3, -0.25) is 14.6 Å². The van der Waals surface area contributed by atoms with Crippen molar-refractivity contribution in [2.75, 3.05) is 13.2 Å². The quantitative estimate of drug-likeness (QED) is 0.835. The molecule has 0 radical (unpaired) electrons. The molecule has 2 aromatic rings. The molecular formula is C20H23N3O3. The Balaban J connectivity index is 1.56. The van der Waals surface area contributed by atoms with E-state index in [-0.39, 0.29) is 23.6 Å². The van der Waals surface area contributed by atoms with Crippen molar-refractivity contribution in [2.24, 2.45) is 0 Å². The first-order chi connectivity index (χ1) is 12.6. The van der Waals surface area contributed by atoms with Crippen LogP contribution in [0, 0.1) is 6.92 Å². The Kier molecular flexibility index (Phi) is 5.96. The Morgan fingerprint density at radius 1 is 1.19 bits per heavy atom. The Labute approximate surface area is 153 Å². The van der Waals surface area contributed by atoms with Gasteiger partial charge in [0.25, 0.3) is 11.8 Å². The lowest BCUT2D eigenvalue weighted by atomic mass is 10.1. The van der Waals surface area contributed by atoms with Gasteiger partial charge < -0.3 is 15.4 Å². The van der Waals surface area contributed by atoms with Crippen LogP contribution in [0.5, 0.6) is 0 Å². The summed E-state index contributed by atoms with van der Waals surface area (Å²) in [6, 6.07) is 11.0. The van der Waals surface area contributed by atoms with Crippen LogP contribution < -0.4 is 10.6 Å². The number of rotatable bonds is 6. The summed E-state index contributed by atoms with van der Waals surface area (Å²) >= 11 is 0. The molecule has 1 aromatic heterocycles. The standard InChI is InChI=1S/C20H23N3O3/c1-14-4-2-5-15(10-14)12-22-20(25)18-11-16(7-8-21-18)19(24)23-13-17-6-3-9-26-17/h2,4-5,7-8,10-11,17H,3,6,9,12-13H2,1H3,(H,22,25)(H,23,24). The van der Waals surface area contributed by atoms with Crippen molar-refractivity contribution in [1.29, 1.82) is 0 Å². The SMILES string of the molecule is Cc1cccc(CNC(=O)c2cc(C(=O)NCC3CCCO3)ccn2)c1. The van der Waals surface area contributed by atoms with Crippen LogP contribution in [0.3, 0.4) is 0 Å². The van der Waals surface area contributed by atoms with E-state index >= 15 is 0 Å². The second-order valence-electron chi connectivity index (χ2n) is 6.45. The zero-order valence-corrected chi connectivity index (χ0v) is 14.8. The molecule has 6 heteroatoms. The van der Waals surface area contributed by atoms with Crippen LogP contribution in [0.1, 0.15) is 44.8 Å². The van der Waals surface area contributed by atoms with Crippen LogP contribution in [0.4, 0.5) is 0 Å². The van der Waals surface area contributed by atoms with Gasteiger partial charge in [-0.05, 0) is 37.5 Å². The van der Waals surface area contributed by atoms with Crippen LogP contribution in [-0.2, 0) is 11.3 Å². The molecule has 1 fully saturated rings. The number of nitrogens with one attached hydrogen (secondary N) is 2. The van der Waals surface area contributed by atoms with Crippen LogP contribution in [0.25, 0.3) is 0 Å². The number of aryl methyl sites for hydroxylation is 1. The van der Waals surface area contributed by atoms with Gasteiger partial charge in [0, 0.05) is 31.5 Å². The number of ether oxygens (including phenoxy) is 1. The van der Waals surface area contributed by atoms with E-state index in [0.717, 1.165) is 30.6 Å². The van der Waals surface area contributed by atoms with Crippen molar-refractivity contribution in [2.45, 2.75) is 32.4 Å². The molecule has 0 saturated carbocycles. The van der Waals surface area contributed by atoms with Crippen LogP contribution in [-0.4, -0.2) is 36.1 Å². The van der Waals surface area contributed by atoms with Gasteiger partial charge in [0.15, 0.2) is 0 Å². The van der Waals surface area contributed by atoms with Crippen LogP contribution in [0.2, 0.25) is 0 Å². The molecule has 136 valence electrons. The molecule has 0 aliphatic carbocycles. The fourth-order valence-electron chi connectivity index (χ4n) is 2.90. The van der Waals surface area contributed by atoms with Gasteiger partial charge >= 0.3 is 0 Å². The molecule has 2 heterocycles. The first-order valence-electron chi connectivity index (χ1n) is 8.81. The van der Waals surface area contributed by atoms with E-state index in [1.54, 1.807) is 6.07 Å². The Morgan fingerprint density at radius 2 is 2.08 bits per heavy atom. The van der Waals surface area contributed by atoms with E-state index < -0.39 is 0 Å². The van der Waals surface area contributed by atoms with Gasteiger partial charge in [-0.15, -0.1) is 0 Å². The van der Waals surface area contributed by atoms with E-state index in [9.17, 15) is 9.59 Å². The Morgan fingerprint density at radius 3 is 2.85 bits per heavy atom. The summed E-state index contributed by atoms with van der Waals surface area (Å²) < 4.78 is 5.49. The average Bonchev–Trinajstić information content (AvgIpc) is 3.18. The number of benzene rings is 1. The van der Waals surface area contributed by atoms with Gasteiger partial charge in [0.2, 0.25) is 0 Å². The van der Waals surface area contributed by atoms with E-state index in [1.165, 1.54) is 12.3 Å². The number of hydrogen-bond donors (Lipinski definition) is 2. The summed E-state index contributed by atoms with van der Waals surface area (Å²) in [6.45, 7) is 3.65. The first kappa shape index (κ1) is 18.1. The molecule has 1 atom stereocenters. The minimum Gasteiger partial charge on any atom is -0.376 e. The number of hydrogen-bond acceptors (Lipinski definition) is 4. The molecule has 1 aliphatic rings. The maximum absolute atomic E-state index is 12.3. The number of amides is 2. The molecule has 1 aliphatic heterocycles. The van der Waals surface area contributed by atoms with Gasteiger partial charge in [-0.2, -0.15) is 0 Å². The van der Waals surface area contributed by atoms with Gasteiger partial charge in [-0.25, -0.2) is 0 Å². The Bertz CT molecular complexity index is 785. The van der Waals surface area contributed by atoms with Crippen molar-refractivity contribution >= 4 is 11.8 Å². The molecule has 26 heavy (non-hydrogen) atoms. The normalized spacial score (nSPS) is 16.3. The maximum Gasteiger partial charge on any atom is 0.270 e. The van der Waals surface area contributed by atoms with Crippen LogP contribution in [0.15, 0.2) is 42.6 Å². The van der Waals surface area contributed by atoms with Gasteiger partial charge in [-0.1, -0.05) is 29.8 Å². The minimum atomic E-state index is -0.305. The summed E-state index contributed by atoms with van der Waals surface area (Å²) in [5.74, 6) is -0.532. The van der Waals surface area contributed by atoms with Crippen molar-refractivity contribution in [1.82, 2.24) is 15.6 Å². The molecule has 6 nitrogen and oxygen atoms in total. The summed E-state index contributed by atoms with van der Waals surface area (Å²) in [6.07, 6.45) is 3.55. The van der Waals surface area contributed by atoms with E-state index in [1.807, 2.05) is 31.2 Å². The number of carbonyl (C=O) groups is 2. The molecule has 1 aromatic carbocycles. The largest absolute Gasteiger partial charge is 0.376 e. The predicted octanol–water partition coefficient (Wildman–Crippen LogP) is 2.23. The molecule has 0 bridgehead atoms. The van der Waals surface area contributed by atoms with Crippen molar-refractivity contribution < 1.29 is 14.3 Å². The Hall–Kier alpha value is -2.73. The summed E-state index contributed by atoms with van der Waals surface area (Å²) in [4.78, 5) is 28.7. The second-order valence-corrected chi connectivity index (χ2v) is 6.45. The molecular weight excluding hydrogens is 330 g/mol. The molecule has 1 unspecified atom stereocenters. The number of carbonyl (C=O) groups excluding carboxylic acids is 2.